The Morgan fingerprint density at radius 3 is 2.89 bits per heavy atom. The summed E-state index contributed by atoms with van der Waals surface area (Å²) >= 11 is 6.08. The number of methoxy groups -OCH3 is 1. The molecule has 0 amide bonds. The van der Waals surface area contributed by atoms with E-state index in [2.05, 4.69) is 10.4 Å². The number of aliphatic hydroxyl groups excluding tert-OH is 1. The maximum atomic E-state index is 9.02. The first-order valence-electron chi connectivity index (χ1n) is 5.65. The van der Waals surface area contributed by atoms with Crippen molar-refractivity contribution in [1.29, 1.82) is 0 Å². The van der Waals surface area contributed by atoms with Crippen LogP contribution in [0.15, 0.2) is 12.1 Å². The fourth-order valence-corrected chi connectivity index (χ4v) is 1.68. The van der Waals surface area contributed by atoms with Crippen LogP contribution in [0.5, 0.6) is 0 Å². The number of nitrogens with zero attached hydrogens (tertiary/aromatic N) is 2. The van der Waals surface area contributed by atoms with Crippen molar-refractivity contribution in [2.24, 2.45) is 5.84 Å². The topological polar surface area (TPSA) is 83.6 Å². The molecule has 102 valence electrons. The van der Waals surface area contributed by atoms with E-state index in [4.69, 9.17) is 27.3 Å². The smallest absolute Gasteiger partial charge is 0.140 e. The molecule has 4 N–H and O–H groups in total. The molecule has 0 unspecified atom stereocenters. The summed E-state index contributed by atoms with van der Waals surface area (Å²) in [6.45, 7) is 2.46. The van der Waals surface area contributed by atoms with Crippen molar-refractivity contribution >= 4 is 17.4 Å². The van der Waals surface area contributed by atoms with E-state index in [1.54, 1.807) is 19.2 Å². The van der Waals surface area contributed by atoms with Gasteiger partial charge in [0.15, 0.2) is 0 Å². The zero-order chi connectivity index (χ0) is 13.4. The van der Waals surface area contributed by atoms with Crippen LogP contribution in [0, 0.1) is 0 Å². The average molecular weight is 275 g/mol. The van der Waals surface area contributed by atoms with Crippen molar-refractivity contribution in [3.05, 3.63) is 22.8 Å². The molecule has 1 aromatic rings. The fourth-order valence-electron chi connectivity index (χ4n) is 1.52. The molecule has 0 fully saturated rings. The molecule has 1 aromatic heterocycles. The highest BCUT2D eigenvalue weighted by molar-refractivity contribution is 6.31. The second kappa shape index (κ2) is 8.23. The van der Waals surface area contributed by atoms with E-state index in [0.29, 0.717) is 37.1 Å². The number of ether oxygens (including phenoxy) is 1. The minimum absolute atomic E-state index is 0.0795. The molecule has 0 spiro atoms. The van der Waals surface area contributed by atoms with Crippen molar-refractivity contribution in [1.82, 2.24) is 9.88 Å². The van der Waals surface area contributed by atoms with E-state index in [9.17, 15) is 0 Å². The summed E-state index contributed by atoms with van der Waals surface area (Å²) in [6, 6.07) is 3.45. The van der Waals surface area contributed by atoms with Crippen molar-refractivity contribution in [3.8, 4) is 0 Å². The van der Waals surface area contributed by atoms with Gasteiger partial charge in [0.05, 0.1) is 23.9 Å². The predicted molar refractivity (Wildman–Crippen MR) is 71.3 cm³/mol. The molecule has 0 aromatic carbocycles. The molecule has 0 aliphatic carbocycles. The third-order valence-corrected chi connectivity index (χ3v) is 2.81. The number of anilines is 1. The molecular formula is C11H19ClN4O2. The largest absolute Gasteiger partial charge is 0.395 e. The van der Waals surface area contributed by atoms with Crippen LogP contribution in [0.2, 0.25) is 5.02 Å². The number of hydrogen-bond donors (Lipinski definition) is 3. The molecule has 1 rings (SSSR count). The number of hydrogen-bond acceptors (Lipinski definition) is 6. The third kappa shape index (κ3) is 4.75. The molecule has 7 heteroatoms. The van der Waals surface area contributed by atoms with Crippen molar-refractivity contribution < 1.29 is 9.84 Å². The van der Waals surface area contributed by atoms with Gasteiger partial charge in [-0.05, 0) is 12.1 Å². The molecule has 0 aliphatic rings. The number of aliphatic hydroxyl groups is 1. The number of nitrogens with two attached hydrogens (primary N) is 1. The molecule has 0 bridgehead atoms. The van der Waals surface area contributed by atoms with Gasteiger partial charge in [-0.2, -0.15) is 0 Å². The van der Waals surface area contributed by atoms with E-state index in [0.717, 1.165) is 5.69 Å². The van der Waals surface area contributed by atoms with Gasteiger partial charge in [-0.25, -0.2) is 10.8 Å². The van der Waals surface area contributed by atoms with Gasteiger partial charge in [-0.3, -0.25) is 4.90 Å². The zero-order valence-electron chi connectivity index (χ0n) is 10.4. The molecule has 0 atom stereocenters. The van der Waals surface area contributed by atoms with E-state index in [1.165, 1.54) is 0 Å². The Kier molecular flexibility index (Phi) is 6.92. The number of nitrogen functional groups attached to an aromatic ring is 1. The number of aromatic nitrogens is 1. The summed E-state index contributed by atoms with van der Waals surface area (Å²) in [6.07, 6.45) is 0. The van der Waals surface area contributed by atoms with Gasteiger partial charge in [-0.1, -0.05) is 11.6 Å². The number of pyridine rings is 1. The molecule has 18 heavy (non-hydrogen) atoms. The highest BCUT2D eigenvalue weighted by atomic mass is 35.5. The molecule has 6 nitrogen and oxygen atoms in total. The Morgan fingerprint density at radius 1 is 1.50 bits per heavy atom. The minimum Gasteiger partial charge on any atom is -0.395 e. The standard InChI is InChI=1S/C11H19ClN4O2/c1-18-7-5-16(4-6-17)8-10-9(12)2-3-11(14-10)15-13/h2-3,17H,4-8,13H2,1H3,(H,14,15). The summed E-state index contributed by atoms with van der Waals surface area (Å²) in [5, 5.41) is 9.59. The van der Waals surface area contributed by atoms with Crippen LogP contribution in [0.3, 0.4) is 0 Å². The summed E-state index contributed by atoms with van der Waals surface area (Å²) < 4.78 is 5.02. The second-order valence-electron chi connectivity index (χ2n) is 3.76. The van der Waals surface area contributed by atoms with Crippen LogP contribution in [0.1, 0.15) is 5.69 Å². The molecular weight excluding hydrogens is 256 g/mol. The minimum atomic E-state index is 0.0795. The molecule has 1 heterocycles. The highest BCUT2D eigenvalue weighted by Crippen LogP contribution is 2.17. The maximum Gasteiger partial charge on any atom is 0.140 e. The first kappa shape index (κ1) is 15.1. The summed E-state index contributed by atoms with van der Waals surface area (Å²) in [5.41, 5.74) is 3.20. The van der Waals surface area contributed by atoms with Crippen molar-refractivity contribution in [2.45, 2.75) is 6.54 Å². The van der Waals surface area contributed by atoms with Gasteiger partial charge < -0.3 is 15.3 Å². The lowest BCUT2D eigenvalue weighted by Crippen LogP contribution is -2.30. The van der Waals surface area contributed by atoms with Gasteiger partial charge >= 0.3 is 0 Å². The number of nitrogens with one attached hydrogen (secondary N) is 1. The van der Waals surface area contributed by atoms with Gasteiger partial charge in [0.1, 0.15) is 5.82 Å². The zero-order valence-corrected chi connectivity index (χ0v) is 11.2. The van der Waals surface area contributed by atoms with E-state index >= 15 is 0 Å². The Hall–Kier alpha value is -0.920. The monoisotopic (exact) mass is 274 g/mol. The number of rotatable bonds is 8. The Labute approximate surface area is 112 Å². The van der Waals surface area contributed by atoms with Crippen LogP contribution in [0.4, 0.5) is 5.82 Å². The molecule has 0 saturated heterocycles. The Balaban J connectivity index is 2.72. The first-order chi connectivity index (χ1) is 8.71. The normalized spacial score (nSPS) is 10.9. The summed E-state index contributed by atoms with van der Waals surface area (Å²) in [4.78, 5) is 6.30. The number of halogens is 1. The Bertz CT molecular complexity index is 365. The van der Waals surface area contributed by atoms with Crippen LogP contribution in [-0.2, 0) is 11.3 Å². The maximum absolute atomic E-state index is 9.02. The van der Waals surface area contributed by atoms with Crippen molar-refractivity contribution in [3.63, 3.8) is 0 Å². The molecule has 0 saturated carbocycles. The van der Waals surface area contributed by atoms with Gasteiger partial charge in [0.2, 0.25) is 0 Å². The van der Waals surface area contributed by atoms with Gasteiger partial charge in [0.25, 0.3) is 0 Å². The van der Waals surface area contributed by atoms with Crippen LogP contribution < -0.4 is 11.3 Å². The SMILES string of the molecule is COCCN(CCO)Cc1nc(NN)ccc1Cl. The second-order valence-corrected chi connectivity index (χ2v) is 4.17. The predicted octanol–water partition coefficient (Wildman–Crippen LogP) is 0.461. The Morgan fingerprint density at radius 2 is 2.28 bits per heavy atom. The van der Waals surface area contributed by atoms with Crippen LogP contribution in [-0.4, -0.2) is 48.4 Å². The fraction of sp³-hybridized carbons (Fsp3) is 0.545. The van der Waals surface area contributed by atoms with Crippen LogP contribution in [0.25, 0.3) is 0 Å². The van der Waals surface area contributed by atoms with Crippen LogP contribution >= 0.6 is 11.6 Å². The molecule has 0 aliphatic heterocycles. The first-order valence-corrected chi connectivity index (χ1v) is 6.03. The summed E-state index contributed by atoms with van der Waals surface area (Å²) in [5.74, 6) is 5.87. The lowest BCUT2D eigenvalue weighted by atomic mass is 10.3. The quantitative estimate of drug-likeness (QED) is 0.472. The van der Waals surface area contributed by atoms with Gasteiger partial charge in [-0.15, -0.1) is 0 Å². The van der Waals surface area contributed by atoms with E-state index in [1.807, 2.05) is 4.90 Å². The highest BCUT2D eigenvalue weighted by Gasteiger charge is 2.10. The lowest BCUT2D eigenvalue weighted by molar-refractivity contribution is 0.126. The molecule has 0 radical (unpaired) electrons. The average Bonchev–Trinajstić information content (AvgIpc) is 2.38. The van der Waals surface area contributed by atoms with Crippen molar-refractivity contribution in [2.75, 3.05) is 38.8 Å². The lowest BCUT2D eigenvalue weighted by Gasteiger charge is -2.21. The number of hydrazine groups is 1. The summed E-state index contributed by atoms with van der Waals surface area (Å²) in [7, 11) is 1.64. The third-order valence-electron chi connectivity index (χ3n) is 2.47. The van der Waals surface area contributed by atoms with Gasteiger partial charge in [0, 0.05) is 26.7 Å². The van der Waals surface area contributed by atoms with E-state index in [-0.39, 0.29) is 6.61 Å². The van der Waals surface area contributed by atoms with E-state index < -0.39 is 0 Å².